The van der Waals surface area contributed by atoms with E-state index in [1.807, 2.05) is 4.72 Å². The van der Waals surface area contributed by atoms with Gasteiger partial charge in [0.25, 0.3) is 0 Å². The van der Waals surface area contributed by atoms with Crippen LogP contribution < -0.4 is 4.72 Å². The Balaban J connectivity index is 2.98. The summed E-state index contributed by atoms with van der Waals surface area (Å²) in [6, 6.07) is 0. The Hall–Kier alpha value is -2.33. The van der Waals surface area contributed by atoms with Gasteiger partial charge in [-0.05, 0) is 0 Å². The molecule has 0 bridgehead atoms. The monoisotopic (exact) mass is 481 g/mol. The number of carbonyl (C=O) groups is 4. The molecule has 0 saturated carbocycles. The number of carbonyl (C=O) groups excluding carboxylic acids is 1. The molecule has 1 aliphatic rings. The zero-order valence-corrected chi connectivity index (χ0v) is 18.8. The molecule has 1 saturated heterocycles. The number of aliphatic carboxylic acids is 3. The van der Waals surface area contributed by atoms with Crippen LogP contribution in [-0.4, -0.2) is 152 Å². The molecular weight excluding hydrogens is 450 g/mol. The van der Waals surface area contributed by atoms with E-state index >= 15 is 0 Å². The van der Waals surface area contributed by atoms with Gasteiger partial charge in [-0.25, -0.2) is 8.42 Å². The van der Waals surface area contributed by atoms with Gasteiger partial charge in [0.2, 0.25) is 15.9 Å². The maximum atomic E-state index is 12.1. The molecule has 184 valence electrons. The number of amides is 1. The van der Waals surface area contributed by atoms with E-state index in [0.29, 0.717) is 0 Å². The first-order valence-electron chi connectivity index (χ1n) is 9.89. The lowest BCUT2D eigenvalue weighted by molar-refractivity contribution is -0.140. The van der Waals surface area contributed by atoms with E-state index in [1.54, 1.807) is 19.6 Å². The molecule has 15 heteroatoms. The highest BCUT2D eigenvalue weighted by molar-refractivity contribution is 7.89. The molecule has 1 heterocycles. The minimum atomic E-state index is -3.74. The van der Waals surface area contributed by atoms with Crippen LogP contribution in [0.25, 0.3) is 0 Å². The fourth-order valence-electron chi connectivity index (χ4n) is 3.23. The quantitative estimate of drug-likeness (QED) is 0.255. The van der Waals surface area contributed by atoms with Gasteiger partial charge in [0.15, 0.2) is 0 Å². The molecule has 0 radical (unpaired) electrons. The van der Waals surface area contributed by atoms with Gasteiger partial charge in [-0.15, -0.1) is 0 Å². The summed E-state index contributed by atoms with van der Waals surface area (Å²) in [5.41, 5.74) is 0. The SMILES string of the molecule is CS(=O)(=O)NC(=O)CN1CCN(CC(=O)O)CCN(CC(=O)O)CCN(CC(=O)O)CC1. The molecule has 0 spiro atoms. The largest absolute Gasteiger partial charge is 0.480 e. The number of nitrogens with zero attached hydrogens (tertiary/aromatic N) is 4. The van der Waals surface area contributed by atoms with Crippen molar-refractivity contribution in [3.8, 4) is 0 Å². The number of carboxylic acid groups (broad SMARTS) is 3. The fourth-order valence-corrected chi connectivity index (χ4v) is 3.71. The van der Waals surface area contributed by atoms with Crippen molar-refractivity contribution in [3.63, 3.8) is 0 Å². The predicted octanol–water partition coefficient (Wildman–Crippen LogP) is -3.46. The van der Waals surface area contributed by atoms with E-state index in [0.717, 1.165) is 6.26 Å². The molecular formula is C17H31N5O9S. The summed E-state index contributed by atoms with van der Waals surface area (Å²) >= 11 is 0. The van der Waals surface area contributed by atoms with Crippen molar-refractivity contribution in [2.24, 2.45) is 0 Å². The van der Waals surface area contributed by atoms with Crippen molar-refractivity contribution in [1.82, 2.24) is 24.3 Å². The minimum Gasteiger partial charge on any atom is -0.480 e. The molecule has 1 fully saturated rings. The average molecular weight is 482 g/mol. The van der Waals surface area contributed by atoms with Crippen LogP contribution in [-0.2, 0) is 29.2 Å². The van der Waals surface area contributed by atoms with Crippen molar-refractivity contribution < 1.29 is 42.9 Å². The summed E-state index contributed by atoms with van der Waals surface area (Å²) < 4.78 is 24.5. The zero-order valence-electron chi connectivity index (χ0n) is 18.0. The molecule has 1 aliphatic heterocycles. The van der Waals surface area contributed by atoms with Crippen molar-refractivity contribution in [2.45, 2.75) is 0 Å². The number of sulfonamides is 1. The fraction of sp³-hybridized carbons (Fsp3) is 0.765. The van der Waals surface area contributed by atoms with E-state index < -0.39 is 33.8 Å². The Labute approximate surface area is 186 Å². The Kier molecular flexibility index (Phi) is 11.5. The third-order valence-corrected chi connectivity index (χ3v) is 5.27. The first-order valence-corrected chi connectivity index (χ1v) is 11.8. The van der Waals surface area contributed by atoms with Crippen molar-refractivity contribution >= 4 is 33.8 Å². The van der Waals surface area contributed by atoms with Gasteiger partial charge >= 0.3 is 17.9 Å². The van der Waals surface area contributed by atoms with Crippen LogP contribution in [0.4, 0.5) is 0 Å². The van der Waals surface area contributed by atoms with E-state index in [9.17, 15) is 27.6 Å². The summed E-state index contributed by atoms with van der Waals surface area (Å²) in [6.45, 7) is 0.851. The first-order chi connectivity index (χ1) is 14.8. The van der Waals surface area contributed by atoms with Crippen molar-refractivity contribution in [1.29, 1.82) is 0 Å². The number of rotatable bonds is 9. The van der Waals surface area contributed by atoms with Gasteiger partial charge in [-0.3, -0.25) is 43.5 Å². The van der Waals surface area contributed by atoms with Crippen LogP contribution in [0, 0.1) is 0 Å². The third kappa shape index (κ3) is 13.2. The van der Waals surface area contributed by atoms with Crippen LogP contribution >= 0.6 is 0 Å². The second-order valence-corrected chi connectivity index (χ2v) is 9.33. The van der Waals surface area contributed by atoms with E-state index in [1.165, 1.54) is 0 Å². The van der Waals surface area contributed by atoms with Crippen LogP contribution in [0.2, 0.25) is 0 Å². The number of hydrogen-bond donors (Lipinski definition) is 4. The van der Waals surface area contributed by atoms with Gasteiger partial charge < -0.3 is 15.3 Å². The Morgan fingerprint density at radius 3 is 1.09 bits per heavy atom. The standard InChI is InChI=1S/C17H31N5O9S/c1-32(30,31)18-14(23)10-19-2-4-20(11-15(24)25)6-8-22(13-17(28)29)9-7-21(5-3-19)12-16(26)27/h2-13H2,1H3,(H,18,23)(H,24,25)(H,26,27)(H,28,29). The molecule has 0 atom stereocenters. The average Bonchev–Trinajstić information content (AvgIpc) is 2.61. The molecule has 32 heavy (non-hydrogen) atoms. The molecule has 0 aromatic rings. The molecule has 0 unspecified atom stereocenters. The van der Waals surface area contributed by atoms with E-state index in [-0.39, 0.29) is 78.5 Å². The first kappa shape index (κ1) is 27.7. The van der Waals surface area contributed by atoms with E-state index in [2.05, 4.69) is 0 Å². The molecule has 14 nitrogen and oxygen atoms in total. The van der Waals surface area contributed by atoms with Crippen LogP contribution in [0.3, 0.4) is 0 Å². The highest BCUT2D eigenvalue weighted by Gasteiger charge is 2.21. The topological polar surface area (TPSA) is 188 Å². The summed E-state index contributed by atoms with van der Waals surface area (Å²) in [7, 11) is -3.74. The molecule has 1 rings (SSSR count). The summed E-state index contributed by atoms with van der Waals surface area (Å²) in [4.78, 5) is 52.1. The Bertz CT molecular complexity index is 744. The molecule has 4 N–H and O–H groups in total. The molecule has 0 aromatic carbocycles. The van der Waals surface area contributed by atoms with Crippen molar-refractivity contribution in [2.75, 3.05) is 84.8 Å². The third-order valence-electron chi connectivity index (χ3n) is 4.67. The number of carboxylic acids is 3. The maximum absolute atomic E-state index is 12.1. The summed E-state index contributed by atoms with van der Waals surface area (Å²) in [6.07, 6.45) is 0.854. The van der Waals surface area contributed by atoms with Gasteiger partial charge in [0, 0.05) is 52.4 Å². The Morgan fingerprint density at radius 1 is 0.625 bits per heavy atom. The maximum Gasteiger partial charge on any atom is 0.317 e. The number of nitrogens with one attached hydrogen (secondary N) is 1. The summed E-state index contributed by atoms with van der Waals surface area (Å²) in [5.74, 6) is -3.91. The lowest BCUT2D eigenvalue weighted by Crippen LogP contribution is -2.50. The van der Waals surface area contributed by atoms with Gasteiger partial charge in [-0.2, -0.15) is 0 Å². The number of hydrogen-bond acceptors (Lipinski definition) is 10. The molecule has 1 amide bonds. The molecule has 0 aliphatic carbocycles. The highest BCUT2D eigenvalue weighted by atomic mass is 32.2. The zero-order chi connectivity index (χ0) is 24.3. The molecule has 0 aromatic heterocycles. The minimum absolute atomic E-state index is 0.226. The van der Waals surface area contributed by atoms with Gasteiger partial charge in [0.1, 0.15) is 0 Å². The van der Waals surface area contributed by atoms with E-state index in [4.69, 9.17) is 15.3 Å². The highest BCUT2D eigenvalue weighted by Crippen LogP contribution is 2.01. The van der Waals surface area contributed by atoms with Crippen molar-refractivity contribution in [3.05, 3.63) is 0 Å². The Morgan fingerprint density at radius 2 is 0.875 bits per heavy atom. The van der Waals surface area contributed by atoms with Crippen LogP contribution in [0.1, 0.15) is 0 Å². The van der Waals surface area contributed by atoms with Gasteiger partial charge in [-0.1, -0.05) is 0 Å². The second-order valence-electron chi connectivity index (χ2n) is 7.58. The lowest BCUT2D eigenvalue weighted by Gasteiger charge is -2.32. The summed E-state index contributed by atoms with van der Waals surface area (Å²) in [5, 5.41) is 27.5. The van der Waals surface area contributed by atoms with Crippen LogP contribution in [0.15, 0.2) is 0 Å². The predicted molar refractivity (Wildman–Crippen MR) is 112 cm³/mol. The lowest BCUT2D eigenvalue weighted by atomic mass is 10.3. The van der Waals surface area contributed by atoms with Crippen LogP contribution in [0.5, 0.6) is 0 Å². The second kappa shape index (κ2) is 13.3. The van der Waals surface area contributed by atoms with Gasteiger partial charge in [0.05, 0.1) is 32.4 Å². The smallest absolute Gasteiger partial charge is 0.317 e. The normalized spacial score (nSPS) is 18.9.